The van der Waals surface area contributed by atoms with Crippen LogP contribution in [0.4, 0.5) is 4.39 Å². The quantitative estimate of drug-likeness (QED) is 0.282. The summed E-state index contributed by atoms with van der Waals surface area (Å²) in [7, 11) is 0. The maximum absolute atomic E-state index is 13.1. The highest BCUT2D eigenvalue weighted by Crippen LogP contribution is 2.15. The van der Waals surface area contributed by atoms with E-state index in [1.165, 1.54) is 50.7 Å². The lowest BCUT2D eigenvalue weighted by Crippen LogP contribution is -2.08. The number of carbonyl (C=O) groups excluding carboxylic acids is 1. The van der Waals surface area contributed by atoms with Crippen LogP contribution in [-0.2, 0) is 4.74 Å². The van der Waals surface area contributed by atoms with Crippen molar-refractivity contribution in [2.45, 2.75) is 58.3 Å². The maximum Gasteiger partial charge on any atom is 0.339 e. The minimum Gasteiger partial charge on any atom is -0.462 e. The van der Waals surface area contributed by atoms with Gasteiger partial charge in [-0.05, 0) is 47.2 Å². The van der Waals surface area contributed by atoms with Gasteiger partial charge in [0.05, 0.1) is 12.2 Å². The van der Waals surface area contributed by atoms with Crippen LogP contribution in [0.15, 0.2) is 18.2 Å². The molecule has 0 unspecified atom stereocenters. The van der Waals surface area contributed by atoms with E-state index in [2.05, 4.69) is 6.92 Å². The van der Waals surface area contributed by atoms with E-state index >= 15 is 0 Å². The van der Waals surface area contributed by atoms with Crippen LogP contribution in [-0.4, -0.2) is 12.6 Å². The van der Waals surface area contributed by atoms with Crippen LogP contribution in [0.5, 0.6) is 0 Å². The number of ether oxygens (including phenoxy) is 1. The molecule has 0 spiro atoms. The molecule has 0 amide bonds. The van der Waals surface area contributed by atoms with Crippen molar-refractivity contribution in [1.29, 1.82) is 0 Å². The van der Waals surface area contributed by atoms with Gasteiger partial charge in [0.15, 0.2) is 0 Å². The molecule has 1 aromatic rings. The van der Waals surface area contributed by atoms with Crippen molar-refractivity contribution in [2.75, 3.05) is 6.61 Å². The first kappa shape index (κ1) is 18.4. The fourth-order valence-corrected chi connectivity index (χ4v) is 2.69. The van der Waals surface area contributed by atoms with Crippen molar-refractivity contribution in [3.8, 4) is 0 Å². The Morgan fingerprint density at radius 3 is 2.38 bits per heavy atom. The lowest BCUT2D eigenvalue weighted by Gasteiger charge is -2.06. The van der Waals surface area contributed by atoms with Crippen molar-refractivity contribution in [3.05, 3.63) is 33.1 Å². The fourth-order valence-electron chi connectivity index (χ4n) is 2.13. The summed E-state index contributed by atoms with van der Waals surface area (Å²) in [4.78, 5) is 11.8. The smallest absolute Gasteiger partial charge is 0.339 e. The molecule has 0 aliphatic carbocycles. The fraction of sp³-hybridized carbons (Fsp3) is 0.588. The third-order valence-corrected chi connectivity index (χ3v) is 4.32. The molecule has 0 saturated carbocycles. The van der Waals surface area contributed by atoms with Crippen LogP contribution in [0, 0.1) is 9.39 Å². The van der Waals surface area contributed by atoms with E-state index in [0.29, 0.717) is 12.2 Å². The summed E-state index contributed by atoms with van der Waals surface area (Å²) in [6.07, 6.45) is 9.64. The summed E-state index contributed by atoms with van der Waals surface area (Å²) in [5, 5.41) is 0. The minimum absolute atomic E-state index is 0.315. The van der Waals surface area contributed by atoms with Crippen LogP contribution in [0.25, 0.3) is 0 Å². The maximum atomic E-state index is 13.1. The van der Waals surface area contributed by atoms with E-state index in [4.69, 9.17) is 4.74 Å². The Morgan fingerprint density at radius 2 is 1.71 bits per heavy atom. The summed E-state index contributed by atoms with van der Waals surface area (Å²) in [5.74, 6) is -0.837. The van der Waals surface area contributed by atoms with E-state index in [-0.39, 0.29) is 0 Å². The molecule has 0 bridgehead atoms. The van der Waals surface area contributed by atoms with Gasteiger partial charge in [-0.1, -0.05) is 51.9 Å². The molecule has 0 aliphatic heterocycles. The van der Waals surface area contributed by atoms with Gasteiger partial charge in [-0.2, -0.15) is 0 Å². The zero-order chi connectivity index (χ0) is 15.5. The average molecular weight is 406 g/mol. The second kappa shape index (κ2) is 11.0. The number of carbonyl (C=O) groups is 1. The van der Waals surface area contributed by atoms with Crippen LogP contribution in [0.2, 0.25) is 0 Å². The number of hydrogen-bond acceptors (Lipinski definition) is 2. The normalized spacial score (nSPS) is 10.6. The number of esters is 1. The van der Waals surface area contributed by atoms with E-state index in [0.717, 1.165) is 16.4 Å². The van der Waals surface area contributed by atoms with Crippen molar-refractivity contribution in [3.63, 3.8) is 0 Å². The monoisotopic (exact) mass is 406 g/mol. The van der Waals surface area contributed by atoms with Crippen molar-refractivity contribution in [1.82, 2.24) is 0 Å². The SMILES string of the molecule is CCCCCCCCCCOC(=O)c1cc(F)ccc1I. The molecule has 0 atom stereocenters. The first-order valence-electron chi connectivity index (χ1n) is 7.77. The highest BCUT2D eigenvalue weighted by atomic mass is 127. The summed E-state index contributed by atoms with van der Waals surface area (Å²) in [6, 6.07) is 4.16. The summed E-state index contributed by atoms with van der Waals surface area (Å²) in [6.45, 7) is 2.63. The van der Waals surface area contributed by atoms with Gasteiger partial charge in [-0.15, -0.1) is 0 Å². The predicted octanol–water partition coefficient (Wildman–Crippen LogP) is 5.73. The lowest BCUT2D eigenvalue weighted by atomic mass is 10.1. The second-order valence-electron chi connectivity index (χ2n) is 5.23. The molecule has 0 aliphatic rings. The van der Waals surface area contributed by atoms with Crippen LogP contribution in [0.1, 0.15) is 68.6 Å². The topological polar surface area (TPSA) is 26.3 Å². The van der Waals surface area contributed by atoms with Gasteiger partial charge in [0.1, 0.15) is 5.82 Å². The third-order valence-electron chi connectivity index (χ3n) is 3.38. The molecule has 0 fully saturated rings. The van der Waals surface area contributed by atoms with Crippen molar-refractivity contribution < 1.29 is 13.9 Å². The third kappa shape index (κ3) is 7.79. The summed E-state index contributed by atoms with van der Waals surface area (Å²) in [5.41, 5.74) is 0.315. The van der Waals surface area contributed by atoms with Gasteiger partial charge in [-0.3, -0.25) is 0 Å². The molecule has 0 saturated heterocycles. The van der Waals surface area contributed by atoms with Gasteiger partial charge in [0.25, 0.3) is 0 Å². The number of hydrogen-bond donors (Lipinski definition) is 0. The zero-order valence-electron chi connectivity index (χ0n) is 12.7. The van der Waals surface area contributed by atoms with Crippen molar-refractivity contribution in [2.24, 2.45) is 0 Å². The molecule has 1 rings (SSSR count). The Hall–Kier alpha value is -0.650. The Balaban J connectivity index is 2.12. The molecule has 118 valence electrons. The van der Waals surface area contributed by atoms with E-state index in [9.17, 15) is 9.18 Å². The first-order chi connectivity index (χ1) is 10.1. The number of unbranched alkanes of at least 4 members (excludes halogenated alkanes) is 7. The minimum atomic E-state index is -0.429. The molecular formula is C17H24FIO2. The first-order valence-corrected chi connectivity index (χ1v) is 8.85. The predicted molar refractivity (Wildman–Crippen MR) is 92.0 cm³/mol. The Kier molecular flexibility index (Phi) is 9.63. The van der Waals surface area contributed by atoms with E-state index < -0.39 is 11.8 Å². The largest absolute Gasteiger partial charge is 0.462 e. The molecule has 0 aromatic heterocycles. The summed E-state index contributed by atoms with van der Waals surface area (Å²) < 4.78 is 19.0. The van der Waals surface area contributed by atoms with Gasteiger partial charge in [-0.25, -0.2) is 9.18 Å². The van der Waals surface area contributed by atoms with Gasteiger partial charge >= 0.3 is 5.97 Å². The number of halogens is 2. The number of rotatable bonds is 10. The van der Waals surface area contributed by atoms with Crippen LogP contribution >= 0.6 is 22.6 Å². The average Bonchev–Trinajstić information content (AvgIpc) is 2.48. The van der Waals surface area contributed by atoms with Crippen molar-refractivity contribution >= 4 is 28.6 Å². The van der Waals surface area contributed by atoms with Gasteiger partial charge in [0, 0.05) is 3.57 Å². The van der Waals surface area contributed by atoms with Crippen LogP contribution in [0.3, 0.4) is 0 Å². The lowest BCUT2D eigenvalue weighted by molar-refractivity contribution is 0.0496. The molecular weight excluding hydrogens is 382 g/mol. The Morgan fingerprint density at radius 1 is 1.10 bits per heavy atom. The van der Waals surface area contributed by atoms with Gasteiger partial charge in [0.2, 0.25) is 0 Å². The van der Waals surface area contributed by atoms with E-state index in [1.54, 1.807) is 6.07 Å². The second-order valence-corrected chi connectivity index (χ2v) is 6.40. The molecule has 0 heterocycles. The highest BCUT2D eigenvalue weighted by molar-refractivity contribution is 14.1. The van der Waals surface area contributed by atoms with Gasteiger partial charge < -0.3 is 4.74 Å². The summed E-state index contributed by atoms with van der Waals surface area (Å²) >= 11 is 2.01. The molecule has 0 N–H and O–H groups in total. The zero-order valence-corrected chi connectivity index (χ0v) is 14.8. The standard InChI is InChI=1S/C17H24FIO2/c1-2-3-4-5-6-7-8-9-12-21-17(20)15-13-14(18)10-11-16(15)19/h10-11,13H,2-9,12H2,1H3. The Labute approximate surface area is 140 Å². The molecule has 0 radical (unpaired) electrons. The van der Waals surface area contributed by atoms with E-state index in [1.807, 2.05) is 22.6 Å². The molecule has 1 aromatic carbocycles. The number of benzene rings is 1. The molecule has 2 nitrogen and oxygen atoms in total. The van der Waals surface area contributed by atoms with Crippen LogP contribution < -0.4 is 0 Å². The Bertz CT molecular complexity index is 435. The highest BCUT2D eigenvalue weighted by Gasteiger charge is 2.12. The molecule has 4 heteroatoms. The molecule has 21 heavy (non-hydrogen) atoms.